The molecule has 0 spiro atoms. The average Bonchev–Trinajstić information content (AvgIpc) is 3.90. The number of carboxylic acid groups (broad SMARTS) is 1. The van der Waals surface area contributed by atoms with E-state index in [2.05, 4.69) is 10.6 Å². The largest absolute Gasteiger partial charge is 0.480 e. The van der Waals surface area contributed by atoms with Crippen LogP contribution < -0.4 is 16.4 Å². The number of nitrogens with two attached hydrogens (primary N) is 1. The van der Waals surface area contributed by atoms with Gasteiger partial charge in [0.1, 0.15) is 55.9 Å². The zero-order valence-corrected chi connectivity index (χ0v) is 45.4. The van der Waals surface area contributed by atoms with E-state index in [0.29, 0.717) is 5.56 Å². The van der Waals surface area contributed by atoms with Crippen LogP contribution in [0.4, 0.5) is 4.79 Å². The summed E-state index contributed by atoms with van der Waals surface area (Å²) in [6, 6.07) is 19.3. The van der Waals surface area contributed by atoms with Gasteiger partial charge in [0, 0.05) is 53.0 Å². The fourth-order valence-electron chi connectivity index (χ4n) is 10.4. The Balaban J connectivity index is 1.08. The summed E-state index contributed by atoms with van der Waals surface area (Å²) in [5.74, 6) is -7.17. The molecule has 0 saturated carbocycles. The molecule has 3 aromatic carbocycles. The first-order chi connectivity index (χ1) is 39.2. The summed E-state index contributed by atoms with van der Waals surface area (Å²) in [4.78, 5) is 102. The molecule has 17 atom stereocenters. The molecule has 8 rings (SSSR count). The van der Waals surface area contributed by atoms with E-state index in [1.807, 2.05) is 54.6 Å². The first-order valence-electron chi connectivity index (χ1n) is 26.2. The highest BCUT2D eigenvalue weighted by atomic mass is 16.8. The lowest BCUT2D eigenvalue weighted by Crippen LogP contribution is -2.69. The zero-order chi connectivity index (χ0) is 58.9. The molecule has 1 aliphatic carbocycles. The normalized spacial score (nSPS) is 30.6. The van der Waals surface area contributed by atoms with Crippen molar-refractivity contribution in [1.82, 2.24) is 10.6 Å². The Bertz CT molecular complexity index is 2740. The van der Waals surface area contributed by atoms with Gasteiger partial charge in [-0.25, -0.2) is 9.59 Å². The lowest BCUT2D eigenvalue weighted by Gasteiger charge is -2.49. The van der Waals surface area contributed by atoms with E-state index < -0.39 is 172 Å². The summed E-state index contributed by atoms with van der Waals surface area (Å²) in [6.45, 7) is 3.82. The molecular weight excluding hydrogens is 1090 g/mol. The van der Waals surface area contributed by atoms with Crippen LogP contribution in [0, 0.1) is 0 Å². The number of nitrogens with one attached hydrogen (secondary N) is 2. The SMILES string of the molecule is CC(=O)N[C@H]1[C@@H](OC[C@H](NC(=O)OCC2c3ccccc3-c3ccccc32)C(=O)O)O[C@H](CO[C@@H]2O[C@@H]3CO[C@@H](c4ccccc4)O[C@H]3[C@H](OC(C)=O)[C@H]2N)[C@H](O)[C@@H]1O[C@@H]1O[C@H](COC(C)=O)[C@H](OC(C)=O)[C@H](OC(C)=O)[C@H]1OC(C)=O. The quantitative estimate of drug-likeness (QED) is 0.0783. The maximum atomic E-state index is 13.5. The van der Waals surface area contributed by atoms with E-state index in [1.165, 1.54) is 6.92 Å². The highest BCUT2D eigenvalue weighted by molar-refractivity contribution is 5.81. The van der Waals surface area contributed by atoms with Crippen LogP contribution in [0.3, 0.4) is 0 Å². The molecule has 4 fully saturated rings. The van der Waals surface area contributed by atoms with Gasteiger partial charge in [0.25, 0.3) is 0 Å². The Morgan fingerprint density at radius 2 is 1.20 bits per heavy atom. The number of fused-ring (bicyclic) bond motifs is 4. The lowest BCUT2D eigenvalue weighted by atomic mass is 9.94. The number of alkyl carbamates (subject to hydrolysis) is 1. The number of carbonyl (C=O) groups is 8. The van der Waals surface area contributed by atoms with Gasteiger partial charge < -0.3 is 92.9 Å². The zero-order valence-electron chi connectivity index (χ0n) is 45.4. The number of carbonyl (C=O) groups excluding carboxylic acids is 7. The molecule has 0 bridgehead atoms. The van der Waals surface area contributed by atoms with Crippen molar-refractivity contribution >= 4 is 47.8 Å². The third-order valence-corrected chi connectivity index (χ3v) is 13.8. The number of hydrogen-bond donors (Lipinski definition) is 5. The standard InChI is InChI=1S/C55H65N3O24/c1-25(59)57-42-47(82-54-49(77-30(6)64)48(76-29(5)63)45(74-27(3)61)39(80-54)23-69-26(2)60)43(65)38(22-72-52-41(56)46(75-28(4)62)44-40(79-52)24-71-51(81-44)31-14-8-7-9-15-31)78-53(42)70-21-37(50(66)67)58-55(68)73-20-36-34-18-12-10-16-32(34)33-17-11-13-19-35(33)36/h7-19,36-49,51-54,65H,20-24,56H2,1-6H3,(H,57,59)(H,58,68)(H,66,67)/t37-,38+,39+,40+,41+,42+,43-,44+,45-,46+,47+,48-,49+,51+,52+,53-,54-/m0/s1. The number of hydrogen-bond acceptors (Lipinski definition) is 24. The molecule has 444 valence electrons. The van der Waals surface area contributed by atoms with Crippen molar-refractivity contribution in [2.24, 2.45) is 5.73 Å². The molecule has 2 amide bonds. The van der Waals surface area contributed by atoms with Crippen LogP contribution in [0.25, 0.3) is 11.1 Å². The summed E-state index contributed by atoms with van der Waals surface area (Å²) < 4.78 is 82.9. The molecule has 4 saturated heterocycles. The number of esters is 5. The number of amides is 2. The smallest absolute Gasteiger partial charge is 0.407 e. The van der Waals surface area contributed by atoms with Gasteiger partial charge in [-0.1, -0.05) is 78.9 Å². The van der Waals surface area contributed by atoms with Crippen molar-refractivity contribution in [1.29, 1.82) is 0 Å². The molecule has 5 aliphatic rings. The Morgan fingerprint density at radius 1 is 0.610 bits per heavy atom. The van der Waals surface area contributed by atoms with Gasteiger partial charge in [0.2, 0.25) is 5.91 Å². The monoisotopic (exact) mass is 1150 g/mol. The maximum absolute atomic E-state index is 13.5. The molecule has 0 unspecified atom stereocenters. The number of ether oxygens (including phenoxy) is 14. The molecule has 0 aromatic heterocycles. The number of aliphatic carboxylic acids is 1. The third-order valence-electron chi connectivity index (χ3n) is 13.8. The van der Waals surface area contributed by atoms with Crippen LogP contribution in [0.1, 0.15) is 70.4 Å². The fourth-order valence-corrected chi connectivity index (χ4v) is 10.4. The van der Waals surface area contributed by atoms with E-state index >= 15 is 0 Å². The molecule has 4 heterocycles. The molecular formula is C55H65N3O24. The van der Waals surface area contributed by atoms with Crippen molar-refractivity contribution in [3.63, 3.8) is 0 Å². The Labute approximate surface area is 469 Å². The van der Waals surface area contributed by atoms with Gasteiger partial charge >= 0.3 is 41.9 Å². The van der Waals surface area contributed by atoms with Crippen molar-refractivity contribution < 1.29 is 115 Å². The van der Waals surface area contributed by atoms with Crippen molar-refractivity contribution in [3.8, 4) is 11.1 Å². The first-order valence-corrected chi connectivity index (χ1v) is 26.2. The Kier molecular flexibility index (Phi) is 20.3. The topological polar surface area (TPSA) is 356 Å². The number of aliphatic hydroxyl groups excluding tert-OH is 1. The minimum Gasteiger partial charge on any atom is -0.480 e. The molecule has 4 aliphatic heterocycles. The minimum atomic E-state index is -1.97. The molecule has 3 aromatic rings. The van der Waals surface area contributed by atoms with Crippen molar-refractivity contribution in [2.45, 2.75) is 152 Å². The summed E-state index contributed by atoms with van der Waals surface area (Å²) in [7, 11) is 0. The van der Waals surface area contributed by atoms with Crippen molar-refractivity contribution in [3.05, 3.63) is 95.6 Å². The van der Waals surface area contributed by atoms with E-state index in [0.717, 1.165) is 56.9 Å². The minimum absolute atomic E-state index is 0.0911. The molecule has 0 radical (unpaired) electrons. The molecule has 27 heteroatoms. The molecule has 6 N–H and O–H groups in total. The Hall–Kier alpha value is -7.18. The van der Waals surface area contributed by atoms with Gasteiger partial charge in [-0.3, -0.25) is 28.8 Å². The van der Waals surface area contributed by atoms with E-state index in [1.54, 1.807) is 24.3 Å². The summed E-state index contributed by atoms with van der Waals surface area (Å²) >= 11 is 0. The predicted molar refractivity (Wildman–Crippen MR) is 273 cm³/mol. The van der Waals surface area contributed by atoms with E-state index in [9.17, 15) is 48.6 Å². The van der Waals surface area contributed by atoms with Gasteiger partial charge in [-0.15, -0.1) is 0 Å². The summed E-state index contributed by atoms with van der Waals surface area (Å²) in [5, 5.41) is 27.7. The fraction of sp³-hybridized carbons (Fsp3) is 0.527. The van der Waals surface area contributed by atoms with Crippen LogP contribution in [0.15, 0.2) is 78.9 Å². The van der Waals surface area contributed by atoms with Crippen LogP contribution in [0.2, 0.25) is 0 Å². The first kappa shape index (κ1) is 60.9. The number of rotatable bonds is 20. The number of carboxylic acids is 1. The molecule has 27 nitrogen and oxygen atoms in total. The van der Waals surface area contributed by atoms with E-state index in [4.69, 9.17) is 72.0 Å². The Morgan fingerprint density at radius 3 is 1.80 bits per heavy atom. The number of aliphatic hydroxyl groups is 1. The van der Waals surface area contributed by atoms with Gasteiger partial charge in [0.15, 0.2) is 55.6 Å². The van der Waals surface area contributed by atoms with Crippen LogP contribution >= 0.6 is 0 Å². The average molecular weight is 1150 g/mol. The lowest BCUT2D eigenvalue weighted by molar-refractivity contribution is -0.358. The highest BCUT2D eigenvalue weighted by Gasteiger charge is 2.57. The van der Waals surface area contributed by atoms with Gasteiger partial charge in [-0.2, -0.15) is 0 Å². The highest BCUT2D eigenvalue weighted by Crippen LogP contribution is 2.45. The maximum Gasteiger partial charge on any atom is 0.407 e. The third kappa shape index (κ3) is 14.7. The van der Waals surface area contributed by atoms with Crippen molar-refractivity contribution in [2.75, 3.05) is 33.0 Å². The van der Waals surface area contributed by atoms with E-state index in [-0.39, 0.29) is 19.1 Å². The van der Waals surface area contributed by atoms with Gasteiger partial charge in [-0.05, 0) is 22.3 Å². The predicted octanol–water partition coefficient (Wildman–Crippen LogP) is 1.17. The second-order valence-corrected chi connectivity index (χ2v) is 19.8. The molecule has 82 heavy (non-hydrogen) atoms. The van der Waals surface area contributed by atoms with Crippen LogP contribution in [-0.2, 0) is 99.9 Å². The van der Waals surface area contributed by atoms with Crippen LogP contribution in [-0.4, -0.2) is 189 Å². The second kappa shape index (κ2) is 27.3. The van der Waals surface area contributed by atoms with Gasteiger partial charge in [0.05, 0.1) is 25.9 Å². The summed E-state index contributed by atoms with van der Waals surface area (Å²) in [5.41, 5.74) is 11.1. The van der Waals surface area contributed by atoms with Crippen LogP contribution in [0.5, 0.6) is 0 Å². The second-order valence-electron chi connectivity index (χ2n) is 19.8. The number of benzene rings is 3. The summed E-state index contributed by atoms with van der Waals surface area (Å²) in [6.07, 6.45) is -22.6.